The first-order chi connectivity index (χ1) is 13.0. The van der Waals surface area contributed by atoms with Crippen LogP contribution >= 0.6 is 23.4 Å². The number of carbonyl (C=O) groups is 1. The number of thioether (sulfide) groups is 1. The number of carbonyl (C=O) groups excluding carboxylic acids is 1. The first kappa shape index (κ1) is 18.8. The van der Waals surface area contributed by atoms with Crippen LogP contribution in [0.2, 0.25) is 5.15 Å². The van der Waals surface area contributed by atoms with Crippen LogP contribution in [0.25, 0.3) is 6.08 Å². The van der Waals surface area contributed by atoms with Crippen molar-refractivity contribution in [1.29, 1.82) is 0 Å². The molecule has 1 saturated heterocycles. The van der Waals surface area contributed by atoms with Gasteiger partial charge in [0.25, 0.3) is 11.6 Å². The van der Waals surface area contributed by atoms with Crippen LogP contribution in [0, 0.1) is 10.1 Å². The summed E-state index contributed by atoms with van der Waals surface area (Å²) in [7, 11) is 0. The van der Waals surface area contributed by atoms with E-state index >= 15 is 0 Å². The van der Waals surface area contributed by atoms with Crippen LogP contribution in [0.1, 0.15) is 5.56 Å². The van der Waals surface area contributed by atoms with E-state index in [9.17, 15) is 14.9 Å². The molecular weight excluding hydrogens is 388 g/mol. The average molecular weight is 401 g/mol. The maximum absolute atomic E-state index is 12.8. The monoisotopic (exact) mass is 400 g/mol. The Morgan fingerprint density at radius 2 is 2.11 bits per heavy atom. The molecule has 7 nitrogen and oxygen atoms in total. The molecule has 0 aliphatic carbocycles. The minimum Gasteiger partial charge on any atom is -0.283 e. The molecule has 0 unspecified atom stereocenters. The molecule has 2 heterocycles. The van der Waals surface area contributed by atoms with Crippen LogP contribution in [-0.4, -0.2) is 32.4 Å². The van der Waals surface area contributed by atoms with E-state index in [1.807, 2.05) is 0 Å². The number of halogens is 1. The van der Waals surface area contributed by atoms with E-state index in [0.717, 1.165) is 11.8 Å². The Morgan fingerprint density at radius 1 is 1.33 bits per heavy atom. The summed E-state index contributed by atoms with van der Waals surface area (Å²) in [5.74, 6) is -0.309. The van der Waals surface area contributed by atoms with Crippen LogP contribution in [0.5, 0.6) is 0 Å². The summed E-state index contributed by atoms with van der Waals surface area (Å²) in [6.45, 7) is 3.91. The summed E-state index contributed by atoms with van der Waals surface area (Å²) in [4.78, 5) is 33.6. The first-order valence-electron chi connectivity index (χ1n) is 7.76. The molecule has 3 rings (SSSR count). The molecule has 0 radical (unpaired) electrons. The zero-order valence-electron chi connectivity index (χ0n) is 13.9. The average Bonchev–Trinajstić information content (AvgIpc) is 2.93. The molecule has 0 spiro atoms. The Bertz CT molecular complexity index is 990. The van der Waals surface area contributed by atoms with Crippen molar-refractivity contribution in [2.24, 2.45) is 4.99 Å². The van der Waals surface area contributed by atoms with Gasteiger partial charge >= 0.3 is 0 Å². The number of pyridine rings is 1. The fraction of sp³-hybridized carbons (Fsp3) is 0.0556. The topological polar surface area (TPSA) is 88.7 Å². The molecule has 0 bridgehead atoms. The van der Waals surface area contributed by atoms with E-state index in [-0.39, 0.29) is 23.3 Å². The minimum absolute atomic E-state index is 0.0747. The number of hydrogen-bond donors (Lipinski definition) is 0. The molecule has 2 aromatic rings. The van der Waals surface area contributed by atoms with Crippen molar-refractivity contribution in [2.45, 2.75) is 0 Å². The standard InChI is InChI=1S/C18H13ClN4O3S/c1-2-10-22-17(24)15(11-12-6-3-4-8-14(12)23(25)26)27-18(22)21-13-7-5-9-20-16(13)19/h2-9,11H,1,10H2/b15-11-,21-18?. The zero-order valence-corrected chi connectivity index (χ0v) is 15.5. The van der Waals surface area contributed by atoms with Gasteiger partial charge in [-0.3, -0.25) is 19.8 Å². The van der Waals surface area contributed by atoms with Crippen molar-refractivity contribution in [3.05, 3.63) is 81.0 Å². The summed E-state index contributed by atoms with van der Waals surface area (Å²) in [5.41, 5.74) is 0.697. The van der Waals surface area contributed by atoms with Crippen LogP contribution < -0.4 is 0 Å². The van der Waals surface area contributed by atoms with Gasteiger partial charge in [0.15, 0.2) is 10.3 Å². The number of aromatic nitrogens is 1. The third kappa shape index (κ3) is 4.07. The number of nitrogens with zero attached hydrogens (tertiary/aromatic N) is 4. The fourth-order valence-electron chi connectivity index (χ4n) is 2.36. The van der Waals surface area contributed by atoms with E-state index in [1.54, 1.807) is 42.6 Å². The molecule has 0 N–H and O–H groups in total. The highest BCUT2D eigenvalue weighted by Crippen LogP contribution is 2.36. The van der Waals surface area contributed by atoms with Crippen LogP contribution in [0.4, 0.5) is 11.4 Å². The maximum atomic E-state index is 12.8. The van der Waals surface area contributed by atoms with Crippen molar-refractivity contribution in [2.75, 3.05) is 6.54 Å². The lowest BCUT2D eigenvalue weighted by Gasteiger charge is -2.12. The minimum atomic E-state index is -0.484. The van der Waals surface area contributed by atoms with Crippen molar-refractivity contribution < 1.29 is 9.72 Å². The van der Waals surface area contributed by atoms with Crippen molar-refractivity contribution in [1.82, 2.24) is 9.88 Å². The first-order valence-corrected chi connectivity index (χ1v) is 8.95. The maximum Gasteiger partial charge on any atom is 0.276 e. The van der Waals surface area contributed by atoms with E-state index < -0.39 is 4.92 Å². The number of nitro benzene ring substituents is 1. The second-order valence-corrected chi connectivity index (χ2v) is 6.71. The third-order valence-electron chi connectivity index (χ3n) is 3.58. The van der Waals surface area contributed by atoms with Gasteiger partial charge < -0.3 is 0 Å². The Morgan fingerprint density at radius 3 is 2.81 bits per heavy atom. The Balaban J connectivity index is 2.02. The number of aliphatic imine (C=N–C) groups is 1. The number of amides is 1. The molecule has 136 valence electrons. The third-order valence-corrected chi connectivity index (χ3v) is 4.87. The lowest BCUT2D eigenvalue weighted by Crippen LogP contribution is -2.29. The molecule has 27 heavy (non-hydrogen) atoms. The quantitative estimate of drug-likeness (QED) is 0.243. The molecular formula is C18H13ClN4O3S. The molecule has 1 aromatic heterocycles. The van der Waals surface area contributed by atoms with Crippen LogP contribution in [0.15, 0.2) is 65.1 Å². The molecule has 1 aliphatic rings. The summed E-state index contributed by atoms with van der Waals surface area (Å²) in [6, 6.07) is 9.60. The summed E-state index contributed by atoms with van der Waals surface area (Å²) in [5, 5.41) is 11.8. The van der Waals surface area contributed by atoms with E-state index in [4.69, 9.17) is 11.6 Å². The van der Waals surface area contributed by atoms with Crippen molar-refractivity contribution >= 4 is 51.9 Å². The number of para-hydroxylation sites is 1. The molecule has 1 amide bonds. The summed E-state index contributed by atoms with van der Waals surface area (Å²) < 4.78 is 0. The highest BCUT2D eigenvalue weighted by molar-refractivity contribution is 8.18. The van der Waals surface area contributed by atoms with Crippen molar-refractivity contribution in [3.8, 4) is 0 Å². The van der Waals surface area contributed by atoms with Gasteiger partial charge in [-0.2, -0.15) is 0 Å². The predicted octanol–water partition coefficient (Wildman–Crippen LogP) is 4.43. The van der Waals surface area contributed by atoms with Gasteiger partial charge in [-0.1, -0.05) is 29.8 Å². The van der Waals surface area contributed by atoms with Crippen LogP contribution in [-0.2, 0) is 4.79 Å². The van der Waals surface area contributed by atoms with Gasteiger partial charge in [-0.05, 0) is 36.0 Å². The molecule has 1 aromatic carbocycles. The summed E-state index contributed by atoms with van der Waals surface area (Å²) >= 11 is 7.16. The van der Waals surface area contributed by atoms with E-state index in [0.29, 0.717) is 21.3 Å². The number of nitro groups is 1. The second-order valence-electron chi connectivity index (χ2n) is 5.34. The smallest absolute Gasteiger partial charge is 0.276 e. The number of rotatable bonds is 5. The molecule has 1 aliphatic heterocycles. The number of amidine groups is 1. The Labute approximate surface area is 164 Å². The molecule has 9 heteroatoms. The predicted molar refractivity (Wildman–Crippen MR) is 107 cm³/mol. The highest BCUT2D eigenvalue weighted by atomic mass is 35.5. The zero-order chi connectivity index (χ0) is 19.4. The van der Waals surface area contributed by atoms with Gasteiger partial charge in [-0.15, -0.1) is 6.58 Å². The highest BCUT2D eigenvalue weighted by Gasteiger charge is 2.33. The van der Waals surface area contributed by atoms with Crippen LogP contribution in [0.3, 0.4) is 0 Å². The van der Waals surface area contributed by atoms with Gasteiger partial charge in [-0.25, -0.2) is 9.98 Å². The lowest BCUT2D eigenvalue weighted by atomic mass is 10.1. The molecule has 0 atom stereocenters. The largest absolute Gasteiger partial charge is 0.283 e. The van der Waals surface area contributed by atoms with Crippen molar-refractivity contribution in [3.63, 3.8) is 0 Å². The SMILES string of the molecule is C=CCN1C(=O)/C(=C/c2ccccc2[N+](=O)[O-])SC1=Nc1cccnc1Cl. The Kier molecular flexibility index (Phi) is 5.68. The molecule has 0 saturated carbocycles. The molecule has 1 fully saturated rings. The fourth-order valence-corrected chi connectivity index (χ4v) is 3.52. The Hall–Kier alpha value is -2.97. The number of benzene rings is 1. The number of hydrogen-bond acceptors (Lipinski definition) is 6. The normalized spacial score (nSPS) is 16.9. The van der Waals surface area contributed by atoms with Gasteiger partial charge in [0.05, 0.1) is 15.4 Å². The van der Waals surface area contributed by atoms with Gasteiger partial charge in [0.2, 0.25) is 0 Å². The van der Waals surface area contributed by atoms with Gasteiger partial charge in [0.1, 0.15) is 5.69 Å². The van der Waals surface area contributed by atoms with Gasteiger partial charge in [0, 0.05) is 18.8 Å². The second kappa shape index (κ2) is 8.15. The van der Waals surface area contributed by atoms with E-state index in [1.165, 1.54) is 17.0 Å². The van der Waals surface area contributed by atoms with E-state index in [2.05, 4.69) is 16.6 Å². The lowest BCUT2D eigenvalue weighted by molar-refractivity contribution is -0.385. The summed E-state index contributed by atoms with van der Waals surface area (Å²) in [6.07, 6.45) is 4.61.